The van der Waals surface area contributed by atoms with Crippen molar-refractivity contribution < 1.29 is 4.79 Å². The molecule has 0 aromatic carbocycles. The Bertz CT molecular complexity index is 601. The highest BCUT2D eigenvalue weighted by Crippen LogP contribution is 2.22. The largest absolute Gasteiger partial charge is 0.307 e. The van der Waals surface area contributed by atoms with Crippen LogP contribution in [0.15, 0.2) is 37.2 Å². The van der Waals surface area contributed by atoms with Gasteiger partial charge in [-0.2, -0.15) is 5.10 Å². The molecule has 2 aromatic heterocycles. The number of hydrogen-bond acceptors (Lipinski definition) is 3. The lowest BCUT2D eigenvalue weighted by atomic mass is 10.1. The molecule has 2 heterocycles. The van der Waals surface area contributed by atoms with E-state index < -0.39 is 0 Å². The van der Waals surface area contributed by atoms with Gasteiger partial charge in [0.15, 0.2) is 0 Å². The molecule has 0 spiro atoms. The van der Waals surface area contributed by atoms with Gasteiger partial charge in [-0.25, -0.2) is 4.98 Å². The predicted molar refractivity (Wildman–Crippen MR) is 70.0 cm³/mol. The van der Waals surface area contributed by atoms with Crippen LogP contribution in [0.1, 0.15) is 5.69 Å². The minimum atomic E-state index is -0.268. The van der Waals surface area contributed by atoms with E-state index in [2.05, 4.69) is 22.0 Å². The summed E-state index contributed by atoms with van der Waals surface area (Å²) in [4.78, 5) is 15.5. The van der Waals surface area contributed by atoms with Gasteiger partial charge in [0.1, 0.15) is 5.82 Å². The van der Waals surface area contributed by atoms with Crippen LogP contribution in [0.4, 0.5) is 5.82 Å². The second kappa shape index (κ2) is 4.83. The second-order valence-electron chi connectivity index (χ2n) is 3.93. The molecule has 0 aliphatic carbocycles. The first-order valence-corrected chi connectivity index (χ1v) is 5.50. The van der Waals surface area contributed by atoms with Crippen LogP contribution in [0.5, 0.6) is 0 Å². The fourth-order valence-corrected chi connectivity index (χ4v) is 1.67. The van der Waals surface area contributed by atoms with E-state index in [1.54, 1.807) is 16.9 Å². The third kappa shape index (κ3) is 2.45. The fraction of sp³-hybridized carbons (Fsp3) is 0.154. The lowest BCUT2D eigenvalue weighted by molar-refractivity contribution is -0.111. The van der Waals surface area contributed by atoms with Gasteiger partial charge in [-0.1, -0.05) is 6.58 Å². The zero-order valence-corrected chi connectivity index (χ0v) is 10.3. The zero-order chi connectivity index (χ0) is 13.1. The molecule has 0 fully saturated rings. The SMILES string of the molecule is C=CC(=O)Nc1ccc(-c2cnn(C)c2)c(C)n1. The van der Waals surface area contributed by atoms with Crippen LogP contribution in [-0.4, -0.2) is 20.7 Å². The maximum absolute atomic E-state index is 11.2. The number of pyridine rings is 1. The summed E-state index contributed by atoms with van der Waals surface area (Å²) in [5, 5.41) is 6.75. The quantitative estimate of drug-likeness (QED) is 0.836. The Balaban J connectivity index is 2.30. The van der Waals surface area contributed by atoms with Gasteiger partial charge in [0, 0.05) is 30.1 Å². The van der Waals surface area contributed by atoms with E-state index in [-0.39, 0.29) is 5.91 Å². The average molecular weight is 242 g/mol. The van der Waals surface area contributed by atoms with Crippen molar-refractivity contribution in [2.24, 2.45) is 7.05 Å². The normalized spacial score (nSPS) is 10.1. The van der Waals surface area contributed by atoms with E-state index in [0.717, 1.165) is 16.8 Å². The second-order valence-corrected chi connectivity index (χ2v) is 3.93. The maximum atomic E-state index is 11.2. The molecule has 2 rings (SSSR count). The molecule has 0 saturated carbocycles. The number of aryl methyl sites for hydroxylation is 2. The number of hydrogen-bond donors (Lipinski definition) is 1. The smallest absolute Gasteiger partial charge is 0.248 e. The number of carbonyl (C=O) groups is 1. The number of carbonyl (C=O) groups excluding carboxylic acids is 1. The Kier molecular flexibility index (Phi) is 3.23. The number of nitrogens with one attached hydrogen (secondary N) is 1. The summed E-state index contributed by atoms with van der Waals surface area (Å²) in [6, 6.07) is 3.68. The van der Waals surface area contributed by atoms with Gasteiger partial charge in [0.25, 0.3) is 0 Å². The summed E-state index contributed by atoms with van der Waals surface area (Å²) in [6.45, 7) is 5.29. The molecule has 18 heavy (non-hydrogen) atoms. The van der Waals surface area contributed by atoms with Crippen molar-refractivity contribution in [3.05, 3.63) is 42.9 Å². The number of nitrogens with zero attached hydrogens (tertiary/aromatic N) is 3. The number of anilines is 1. The van der Waals surface area contributed by atoms with Gasteiger partial charge in [0.05, 0.1) is 6.20 Å². The standard InChI is InChI=1S/C13H14N4O/c1-4-13(18)16-12-6-5-11(9(2)15-12)10-7-14-17(3)8-10/h4-8H,1H2,2-3H3,(H,15,16,18). The fourth-order valence-electron chi connectivity index (χ4n) is 1.67. The molecular weight excluding hydrogens is 228 g/mol. The number of amides is 1. The lowest BCUT2D eigenvalue weighted by Gasteiger charge is -2.06. The van der Waals surface area contributed by atoms with E-state index in [4.69, 9.17) is 0 Å². The highest BCUT2D eigenvalue weighted by atomic mass is 16.1. The van der Waals surface area contributed by atoms with Gasteiger partial charge < -0.3 is 5.32 Å². The first-order valence-electron chi connectivity index (χ1n) is 5.50. The van der Waals surface area contributed by atoms with Gasteiger partial charge >= 0.3 is 0 Å². The molecule has 5 heteroatoms. The molecular formula is C13H14N4O. The molecule has 1 N–H and O–H groups in total. The highest BCUT2D eigenvalue weighted by molar-refractivity contribution is 5.98. The van der Waals surface area contributed by atoms with Crippen molar-refractivity contribution in [2.75, 3.05) is 5.32 Å². The molecule has 0 atom stereocenters. The van der Waals surface area contributed by atoms with Crippen LogP contribution in [0.2, 0.25) is 0 Å². The van der Waals surface area contributed by atoms with Crippen LogP contribution >= 0.6 is 0 Å². The van der Waals surface area contributed by atoms with Crippen LogP contribution < -0.4 is 5.32 Å². The van der Waals surface area contributed by atoms with Crippen molar-refractivity contribution >= 4 is 11.7 Å². The summed E-state index contributed by atoms with van der Waals surface area (Å²) < 4.78 is 1.74. The number of aromatic nitrogens is 3. The summed E-state index contributed by atoms with van der Waals surface area (Å²) in [6.07, 6.45) is 4.92. The molecule has 0 radical (unpaired) electrons. The molecule has 0 aliphatic heterocycles. The van der Waals surface area contributed by atoms with Gasteiger partial charge in [-0.15, -0.1) is 0 Å². The van der Waals surface area contributed by atoms with E-state index >= 15 is 0 Å². The Hall–Kier alpha value is -2.43. The lowest BCUT2D eigenvalue weighted by Crippen LogP contribution is -2.09. The highest BCUT2D eigenvalue weighted by Gasteiger charge is 2.07. The van der Waals surface area contributed by atoms with E-state index in [0.29, 0.717) is 5.82 Å². The molecule has 0 unspecified atom stereocenters. The summed E-state index contributed by atoms with van der Waals surface area (Å²) in [5.74, 6) is 0.251. The minimum absolute atomic E-state index is 0.268. The Morgan fingerprint density at radius 2 is 2.28 bits per heavy atom. The monoisotopic (exact) mass is 242 g/mol. The van der Waals surface area contributed by atoms with E-state index in [1.807, 2.05) is 26.2 Å². The Labute approximate surface area is 105 Å². The van der Waals surface area contributed by atoms with Crippen molar-refractivity contribution in [3.63, 3.8) is 0 Å². The van der Waals surface area contributed by atoms with Gasteiger partial charge in [-0.3, -0.25) is 9.48 Å². The van der Waals surface area contributed by atoms with Crippen molar-refractivity contribution in [2.45, 2.75) is 6.92 Å². The van der Waals surface area contributed by atoms with Crippen molar-refractivity contribution in [1.82, 2.24) is 14.8 Å². The summed E-state index contributed by atoms with van der Waals surface area (Å²) in [7, 11) is 1.87. The van der Waals surface area contributed by atoms with Gasteiger partial charge in [-0.05, 0) is 25.1 Å². The van der Waals surface area contributed by atoms with Crippen molar-refractivity contribution in [3.8, 4) is 11.1 Å². The van der Waals surface area contributed by atoms with Crippen LogP contribution in [-0.2, 0) is 11.8 Å². The van der Waals surface area contributed by atoms with E-state index in [1.165, 1.54) is 6.08 Å². The zero-order valence-electron chi connectivity index (χ0n) is 10.3. The summed E-state index contributed by atoms with van der Waals surface area (Å²) in [5.41, 5.74) is 2.84. The molecule has 0 aliphatic rings. The molecule has 2 aromatic rings. The van der Waals surface area contributed by atoms with Crippen molar-refractivity contribution in [1.29, 1.82) is 0 Å². The maximum Gasteiger partial charge on any atom is 0.248 e. The summed E-state index contributed by atoms with van der Waals surface area (Å²) >= 11 is 0. The Morgan fingerprint density at radius 3 is 2.83 bits per heavy atom. The minimum Gasteiger partial charge on any atom is -0.307 e. The Morgan fingerprint density at radius 1 is 1.50 bits per heavy atom. The first-order chi connectivity index (χ1) is 8.60. The van der Waals surface area contributed by atoms with Gasteiger partial charge in [0.2, 0.25) is 5.91 Å². The van der Waals surface area contributed by atoms with E-state index in [9.17, 15) is 4.79 Å². The molecule has 0 saturated heterocycles. The van der Waals surface area contributed by atoms with Crippen LogP contribution in [0.25, 0.3) is 11.1 Å². The third-order valence-electron chi connectivity index (χ3n) is 2.54. The van der Waals surface area contributed by atoms with Crippen LogP contribution in [0, 0.1) is 6.92 Å². The molecule has 0 bridgehead atoms. The van der Waals surface area contributed by atoms with Crippen LogP contribution in [0.3, 0.4) is 0 Å². The topological polar surface area (TPSA) is 59.8 Å². The predicted octanol–water partition coefficient (Wildman–Crippen LogP) is 1.92. The first kappa shape index (κ1) is 12.0. The molecule has 1 amide bonds. The molecule has 5 nitrogen and oxygen atoms in total. The number of rotatable bonds is 3. The average Bonchev–Trinajstić information content (AvgIpc) is 2.75. The molecule has 92 valence electrons. The third-order valence-corrected chi connectivity index (χ3v) is 2.54.